The van der Waals surface area contributed by atoms with Gasteiger partial charge < -0.3 is 0 Å². The van der Waals surface area contributed by atoms with Crippen molar-refractivity contribution >= 4 is 43.0 Å². The van der Waals surface area contributed by atoms with Gasteiger partial charge in [0.1, 0.15) is 5.82 Å². The largest absolute Gasteiger partial charge is 0.289 e. The predicted molar refractivity (Wildman–Crippen MR) is 83.1 cm³/mol. The first-order valence-corrected chi connectivity index (χ1v) is 7.15. The van der Waals surface area contributed by atoms with Crippen LogP contribution in [0.2, 0.25) is 0 Å². The van der Waals surface area contributed by atoms with Crippen molar-refractivity contribution in [3.05, 3.63) is 70.0 Å². The maximum Gasteiger partial charge on any atom is 0.194 e. The summed E-state index contributed by atoms with van der Waals surface area (Å²) in [7, 11) is 0. The number of hydrogen-bond acceptors (Lipinski definition) is 2. The second-order valence-electron chi connectivity index (χ2n) is 4.73. The fourth-order valence-corrected chi connectivity index (χ4v) is 3.63. The van der Waals surface area contributed by atoms with Crippen LogP contribution in [0.3, 0.4) is 0 Å². The van der Waals surface area contributed by atoms with E-state index < -0.39 is 0 Å². The topological polar surface area (TPSA) is 17.1 Å². The third-order valence-corrected chi connectivity index (χ3v) is 4.55. The van der Waals surface area contributed by atoms with Crippen molar-refractivity contribution in [2.75, 3.05) is 0 Å². The molecule has 0 fully saturated rings. The average molecular weight is 280 g/mol. The van der Waals surface area contributed by atoms with Crippen molar-refractivity contribution in [2.24, 2.45) is 0 Å². The molecule has 0 radical (unpaired) electrons. The van der Waals surface area contributed by atoms with Gasteiger partial charge in [-0.15, -0.1) is 11.3 Å². The van der Waals surface area contributed by atoms with E-state index in [1.54, 1.807) is 6.07 Å². The summed E-state index contributed by atoms with van der Waals surface area (Å²) in [6.45, 7) is 0. The maximum absolute atomic E-state index is 13.6. The number of halogens is 1. The first-order chi connectivity index (χ1) is 9.75. The molecule has 0 unspecified atom stereocenters. The molecule has 4 rings (SSSR count). The lowest BCUT2D eigenvalue weighted by atomic mass is 10.1. The van der Waals surface area contributed by atoms with Crippen LogP contribution in [0, 0.1) is 5.82 Å². The molecule has 0 saturated heterocycles. The summed E-state index contributed by atoms with van der Waals surface area (Å²) >= 11 is 1.54. The molecule has 0 saturated carbocycles. The van der Waals surface area contributed by atoms with Crippen LogP contribution in [0.1, 0.15) is 0 Å². The number of hydrogen-bond donors (Lipinski definition) is 0. The van der Waals surface area contributed by atoms with Crippen LogP contribution in [0.25, 0.3) is 31.6 Å². The van der Waals surface area contributed by atoms with E-state index >= 15 is 0 Å². The van der Waals surface area contributed by atoms with Gasteiger partial charge >= 0.3 is 0 Å². The standard InChI is InChI=1S/C17H9FOS/c18-10-5-6-13-15(9-10)17-14(7-8-20-17)11-3-1-2-4-12(11)16(13)19/h1-9H. The second-order valence-corrected chi connectivity index (χ2v) is 5.64. The normalized spacial score (nSPS) is 11.4. The van der Waals surface area contributed by atoms with Crippen LogP contribution in [-0.2, 0) is 0 Å². The van der Waals surface area contributed by atoms with Gasteiger partial charge in [0, 0.05) is 26.2 Å². The minimum Gasteiger partial charge on any atom is -0.289 e. The smallest absolute Gasteiger partial charge is 0.194 e. The van der Waals surface area contributed by atoms with Gasteiger partial charge in [0.25, 0.3) is 0 Å². The van der Waals surface area contributed by atoms with Gasteiger partial charge in [-0.1, -0.05) is 24.3 Å². The average Bonchev–Trinajstić information content (AvgIpc) is 2.92. The zero-order valence-electron chi connectivity index (χ0n) is 10.4. The van der Waals surface area contributed by atoms with Crippen molar-refractivity contribution < 1.29 is 4.39 Å². The molecule has 0 bridgehead atoms. The summed E-state index contributed by atoms with van der Waals surface area (Å²) < 4.78 is 14.5. The van der Waals surface area contributed by atoms with Gasteiger partial charge in [-0.3, -0.25) is 4.79 Å². The Hall–Kier alpha value is -2.26. The first kappa shape index (κ1) is 11.6. The van der Waals surface area contributed by atoms with E-state index in [-0.39, 0.29) is 11.2 Å². The van der Waals surface area contributed by atoms with Crippen molar-refractivity contribution in [2.45, 2.75) is 0 Å². The molecule has 0 N–H and O–H groups in total. The first-order valence-electron chi connectivity index (χ1n) is 6.27. The summed E-state index contributed by atoms with van der Waals surface area (Å²) in [5.74, 6) is -0.318. The number of thiophene rings is 1. The van der Waals surface area contributed by atoms with Gasteiger partial charge in [0.05, 0.1) is 0 Å². The molecule has 0 aliphatic rings. The Balaban J connectivity index is 2.51. The van der Waals surface area contributed by atoms with Crippen LogP contribution in [0.4, 0.5) is 4.39 Å². The molecule has 0 aliphatic heterocycles. The summed E-state index contributed by atoms with van der Waals surface area (Å²) in [5.41, 5.74) is -0.0426. The summed E-state index contributed by atoms with van der Waals surface area (Å²) in [5, 5.41) is 5.84. The molecule has 0 atom stereocenters. The molecule has 1 aromatic heterocycles. The van der Waals surface area contributed by atoms with Gasteiger partial charge in [-0.2, -0.15) is 0 Å². The fourth-order valence-electron chi connectivity index (χ4n) is 2.69. The molecular formula is C17H9FOS. The van der Waals surface area contributed by atoms with Gasteiger partial charge in [0.15, 0.2) is 5.43 Å². The molecule has 0 spiro atoms. The number of benzene rings is 2. The molecule has 1 nitrogen and oxygen atoms in total. The molecule has 4 aromatic rings. The van der Waals surface area contributed by atoms with E-state index in [0.717, 1.165) is 15.5 Å². The van der Waals surface area contributed by atoms with Crippen molar-refractivity contribution in [3.63, 3.8) is 0 Å². The highest BCUT2D eigenvalue weighted by molar-refractivity contribution is 7.18. The Morgan fingerprint density at radius 1 is 0.800 bits per heavy atom. The molecular weight excluding hydrogens is 271 g/mol. The van der Waals surface area contributed by atoms with E-state index in [0.29, 0.717) is 16.2 Å². The highest BCUT2D eigenvalue weighted by Gasteiger charge is 2.10. The number of fused-ring (bicyclic) bond motifs is 5. The van der Waals surface area contributed by atoms with Crippen LogP contribution in [-0.4, -0.2) is 0 Å². The zero-order chi connectivity index (χ0) is 13.7. The highest BCUT2D eigenvalue weighted by Crippen LogP contribution is 2.32. The van der Waals surface area contributed by atoms with Gasteiger partial charge in [-0.05, 0) is 35.0 Å². The molecule has 3 heteroatoms. The highest BCUT2D eigenvalue weighted by atomic mass is 32.1. The monoisotopic (exact) mass is 280 g/mol. The Labute approximate surface area is 117 Å². The molecule has 0 aliphatic carbocycles. The van der Waals surface area contributed by atoms with E-state index in [9.17, 15) is 9.18 Å². The van der Waals surface area contributed by atoms with Gasteiger partial charge in [-0.25, -0.2) is 4.39 Å². The lowest BCUT2D eigenvalue weighted by molar-refractivity contribution is 0.630. The quantitative estimate of drug-likeness (QED) is 0.456. The molecule has 0 amide bonds. The van der Waals surface area contributed by atoms with Crippen molar-refractivity contribution in [1.82, 2.24) is 0 Å². The lowest BCUT2D eigenvalue weighted by Gasteiger charge is -1.93. The second kappa shape index (κ2) is 4.12. The Morgan fingerprint density at radius 2 is 1.55 bits per heavy atom. The summed E-state index contributed by atoms with van der Waals surface area (Å²) in [6.07, 6.45) is 0. The molecule has 96 valence electrons. The number of rotatable bonds is 0. The predicted octanol–water partition coefficient (Wildman–Crippen LogP) is 4.71. The Bertz CT molecular complexity index is 1030. The van der Waals surface area contributed by atoms with Gasteiger partial charge in [0.2, 0.25) is 0 Å². The Morgan fingerprint density at radius 3 is 2.40 bits per heavy atom. The lowest BCUT2D eigenvalue weighted by Crippen LogP contribution is -1.98. The van der Waals surface area contributed by atoms with E-state index in [1.165, 1.54) is 23.5 Å². The minimum atomic E-state index is -0.318. The van der Waals surface area contributed by atoms with E-state index in [4.69, 9.17) is 0 Å². The van der Waals surface area contributed by atoms with E-state index in [2.05, 4.69) is 0 Å². The van der Waals surface area contributed by atoms with Crippen LogP contribution >= 0.6 is 11.3 Å². The third-order valence-electron chi connectivity index (χ3n) is 3.60. The minimum absolute atomic E-state index is 0.0426. The Kier molecular flexibility index (Phi) is 2.38. The molecule has 20 heavy (non-hydrogen) atoms. The zero-order valence-corrected chi connectivity index (χ0v) is 11.2. The maximum atomic E-state index is 13.6. The van der Waals surface area contributed by atoms with Crippen LogP contribution < -0.4 is 5.43 Å². The fraction of sp³-hybridized carbons (Fsp3) is 0. The summed E-state index contributed by atoms with van der Waals surface area (Å²) in [6, 6.07) is 13.9. The molecule has 1 heterocycles. The third kappa shape index (κ3) is 1.50. The SMILES string of the molecule is O=c1c2ccccc2c2ccsc2c2cc(F)ccc12. The van der Waals surface area contributed by atoms with Crippen LogP contribution in [0.5, 0.6) is 0 Å². The van der Waals surface area contributed by atoms with Crippen LogP contribution in [0.15, 0.2) is 58.7 Å². The molecule has 3 aromatic carbocycles. The van der Waals surface area contributed by atoms with E-state index in [1.807, 2.05) is 35.7 Å². The summed E-state index contributed by atoms with van der Waals surface area (Å²) in [4.78, 5) is 12.7. The van der Waals surface area contributed by atoms with Crippen molar-refractivity contribution in [1.29, 1.82) is 0 Å². The van der Waals surface area contributed by atoms with Crippen molar-refractivity contribution in [3.8, 4) is 0 Å².